The van der Waals surface area contributed by atoms with Crippen molar-refractivity contribution < 1.29 is 4.42 Å². The van der Waals surface area contributed by atoms with Gasteiger partial charge in [-0.05, 0) is 54.1 Å². The molecule has 3 nitrogen and oxygen atoms in total. The van der Waals surface area contributed by atoms with Crippen LogP contribution in [0.25, 0.3) is 93.5 Å². The van der Waals surface area contributed by atoms with Crippen LogP contribution >= 0.6 is 0 Å². The Morgan fingerprint density at radius 3 is 1.91 bits per heavy atom. The normalized spacial score (nSPS) is 11.9. The molecule has 0 bridgehead atoms. The Labute approximate surface area is 264 Å². The second-order valence-electron chi connectivity index (χ2n) is 11.9. The fourth-order valence-corrected chi connectivity index (χ4v) is 7.39. The molecule has 0 aliphatic carbocycles. The van der Waals surface area contributed by atoms with Crippen molar-refractivity contribution in [2.75, 3.05) is 0 Å². The third-order valence-electron chi connectivity index (χ3n) is 9.38. The monoisotopic (exact) mass is 586 g/mol. The molecule has 7 aromatic carbocycles. The fourth-order valence-electron chi connectivity index (χ4n) is 7.39. The zero-order valence-corrected chi connectivity index (χ0v) is 24.8. The summed E-state index contributed by atoms with van der Waals surface area (Å²) in [6.45, 7) is 0. The molecule has 214 valence electrons. The molecule has 0 N–H and O–H groups in total. The summed E-state index contributed by atoms with van der Waals surface area (Å²) in [5.41, 5.74) is 10.7. The van der Waals surface area contributed by atoms with Gasteiger partial charge in [-0.1, -0.05) is 109 Å². The van der Waals surface area contributed by atoms with E-state index in [2.05, 4.69) is 156 Å². The first-order chi connectivity index (χ1) is 22.8. The minimum atomic E-state index is 0.885. The highest BCUT2D eigenvalue weighted by atomic mass is 16.3. The molecule has 0 radical (unpaired) electrons. The zero-order chi connectivity index (χ0) is 30.2. The lowest BCUT2D eigenvalue weighted by molar-refractivity contribution is 0.669. The first kappa shape index (κ1) is 25.2. The SMILES string of the molecule is c1ccc(-c2nc3ccc(-c4ccccc4-n4c5ccccc5c5ccccc54)cc3c3c2ccc2oc4ccccc4c23)cc1. The van der Waals surface area contributed by atoms with Gasteiger partial charge in [0.15, 0.2) is 0 Å². The van der Waals surface area contributed by atoms with Gasteiger partial charge >= 0.3 is 0 Å². The van der Waals surface area contributed by atoms with E-state index >= 15 is 0 Å². The first-order valence-electron chi connectivity index (χ1n) is 15.6. The summed E-state index contributed by atoms with van der Waals surface area (Å²) in [4.78, 5) is 5.30. The predicted molar refractivity (Wildman–Crippen MR) is 192 cm³/mol. The average molecular weight is 587 g/mol. The van der Waals surface area contributed by atoms with Crippen LogP contribution < -0.4 is 0 Å². The second-order valence-corrected chi connectivity index (χ2v) is 11.9. The van der Waals surface area contributed by atoms with Gasteiger partial charge in [0.25, 0.3) is 0 Å². The smallest absolute Gasteiger partial charge is 0.136 e. The lowest BCUT2D eigenvalue weighted by Crippen LogP contribution is -1.97. The second kappa shape index (κ2) is 9.65. The Hall–Kier alpha value is -6.19. The molecule has 0 spiro atoms. The van der Waals surface area contributed by atoms with Crippen LogP contribution in [0.5, 0.6) is 0 Å². The number of fused-ring (bicyclic) bond motifs is 10. The summed E-state index contributed by atoms with van der Waals surface area (Å²) in [5.74, 6) is 0. The van der Waals surface area contributed by atoms with Crippen LogP contribution in [-0.4, -0.2) is 9.55 Å². The number of furan rings is 1. The Kier molecular flexibility index (Phi) is 5.28. The Morgan fingerprint density at radius 2 is 1.11 bits per heavy atom. The van der Waals surface area contributed by atoms with Crippen molar-refractivity contribution in [3.05, 3.63) is 158 Å². The summed E-state index contributed by atoms with van der Waals surface area (Å²) in [7, 11) is 0. The number of hydrogen-bond acceptors (Lipinski definition) is 2. The molecule has 10 rings (SSSR count). The van der Waals surface area contributed by atoms with Crippen molar-refractivity contribution in [1.29, 1.82) is 0 Å². The lowest BCUT2D eigenvalue weighted by atomic mass is 9.94. The van der Waals surface area contributed by atoms with Gasteiger partial charge in [0.2, 0.25) is 0 Å². The number of para-hydroxylation sites is 4. The molecule has 0 saturated carbocycles. The largest absolute Gasteiger partial charge is 0.456 e. The van der Waals surface area contributed by atoms with Crippen LogP contribution in [-0.2, 0) is 0 Å². The van der Waals surface area contributed by atoms with E-state index in [0.29, 0.717) is 0 Å². The van der Waals surface area contributed by atoms with E-state index in [1.807, 2.05) is 6.07 Å². The number of nitrogens with zero attached hydrogens (tertiary/aromatic N) is 2. The molecule has 0 amide bonds. The summed E-state index contributed by atoms with van der Waals surface area (Å²) in [5, 5.41) is 8.15. The highest BCUT2D eigenvalue weighted by molar-refractivity contribution is 6.28. The number of pyridine rings is 1. The van der Waals surface area contributed by atoms with Crippen LogP contribution in [0.1, 0.15) is 0 Å². The van der Waals surface area contributed by atoms with Gasteiger partial charge in [-0.2, -0.15) is 0 Å². The molecular weight excluding hydrogens is 560 g/mol. The molecule has 46 heavy (non-hydrogen) atoms. The summed E-state index contributed by atoms with van der Waals surface area (Å²) in [6, 6.07) is 55.9. The maximum atomic E-state index is 6.40. The van der Waals surface area contributed by atoms with Crippen LogP contribution in [0.3, 0.4) is 0 Å². The van der Waals surface area contributed by atoms with Crippen LogP contribution in [0, 0.1) is 0 Å². The van der Waals surface area contributed by atoms with E-state index in [1.165, 1.54) is 32.8 Å². The maximum absolute atomic E-state index is 6.40. The maximum Gasteiger partial charge on any atom is 0.136 e. The van der Waals surface area contributed by atoms with Gasteiger partial charge in [0, 0.05) is 48.8 Å². The van der Waals surface area contributed by atoms with Crippen molar-refractivity contribution in [1.82, 2.24) is 9.55 Å². The van der Waals surface area contributed by atoms with E-state index in [9.17, 15) is 0 Å². The Balaban J connectivity index is 1.31. The van der Waals surface area contributed by atoms with E-state index in [-0.39, 0.29) is 0 Å². The number of aromatic nitrogens is 2. The van der Waals surface area contributed by atoms with Gasteiger partial charge in [0.05, 0.1) is 27.9 Å². The lowest BCUT2D eigenvalue weighted by Gasteiger charge is -2.16. The predicted octanol–water partition coefficient (Wildman–Crippen LogP) is 11.7. The Morgan fingerprint density at radius 1 is 0.435 bits per heavy atom. The average Bonchev–Trinajstić information content (AvgIpc) is 3.67. The number of benzene rings is 7. The molecule has 0 unspecified atom stereocenters. The molecule has 0 aliphatic rings. The highest BCUT2D eigenvalue weighted by Gasteiger charge is 2.19. The molecule has 0 atom stereocenters. The van der Waals surface area contributed by atoms with Gasteiger partial charge in [-0.15, -0.1) is 0 Å². The molecule has 0 saturated heterocycles. The van der Waals surface area contributed by atoms with E-state index in [0.717, 1.165) is 60.7 Å². The summed E-state index contributed by atoms with van der Waals surface area (Å²) in [6.07, 6.45) is 0. The third kappa shape index (κ3) is 3.57. The van der Waals surface area contributed by atoms with E-state index in [4.69, 9.17) is 9.40 Å². The van der Waals surface area contributed by atoms with Crippen molar-refractivity contribution in [2.45, 2.75) is 0 Å². The molecule has 3 heterocycles. The van der Waals surface area contributed by atoms with Crippen LogP contribution in [0.2, 0.25) is 0 Å². The van der Waals surface area contributed by atoms with Crippen molar-refractivity contribution >= 4 is 65.4 Å². The summed E-state index contributed by atoms with van der Waals surface area (Å²) < 4.78 is 8.80. The van der Waals surface area contributed by atoms with Crippen molar-refractivity contribution in [3.8, 4) is 28.1 Å². The molecular formula is C43H26N2O. The minimum Gasteiger partial charge on any atom is -0.456 e. The Bertz CT molecular complexity index is 2750. The van der Waals surface area contributed by atoms with Gasteiger partial charge in [0.1, 0.15) is 11.2 Å². The fraction of sp³-hybridized carbons (Fsp3) is 0. The molecule has 3 aromatic heterocycles. The van der Waals surface area contributed by atoms with E-state index < -0.39 is 0 Å². The topological polar surface area (TPSA) is 31.0 Å². The minimum absolute atomic E-state index is 0.885. The zero-order valence-electron chi connectivity index (χ0n) is 24.8. The van der Waals surface area contributed by atoms with Gasteiger partial charge in [-0.25, -0.2) is 4.98 Å². The third-order valence-corrected chi connectivity index (χ3v) is 9.38. The van der Waals surface area contributed by atoms with Crippen LogP contribution in [0.4, 0.5) is 0 Å². The molecule has 0 aliphatic heterocycles. The van der Waals surface area contributed by atoms with Gasteiger partial charge < -0.3 is 8.98 Å². The number of rotatable bonds is 3. The first-order valence-corrected chi connectivity index (χ1v) is 15.6. The van der Waals surface area contributed by atoms with Crippen molar-refractivity contribution in [3.63, 3.8) is 0 Å². The highest BCUT2D eigenvalue weighted by Crippen LogP contribution is 2.43. The molecule has 10 aromatic rings. The van der Waals surface area contributed by atoms with E-state index in [1.54, 1.807) is 0 Å². The standard InChI is InChI=1S/C43H26N2O/c1-2-12-27(13-3-1)43-33-23-25-40-42(32-17-7-11-21-39(32)46-40)41(33)34-26-28(22-24-35(34)44-43)29-14-4-8-18-36(29)45-37-19-9-5-15-30(37)31-16-6-10-20-38(31)45/h1-26H. The van der Waals surface area contributed by atoms with Crippen molar-refractivity contribution in [2.24, 2.45) is 0 Å². The molecule has 0 fully saturated rings. The quantitative estimate of drug-likeness (QED) is 0.193. The number of hydrogen-bond donors (Lipinski definition) is 0. The van der Waals surface area contributed by atoms with Crippen LogP contribution in [0.15, 0.2) is 162 Å². The summed E-state index contributed by atoms with van der Waals surface area (Å²) >= 11 is 0. The van der Waals surface area contributed by atoms with Gasteiger partial charge in [-0.3, -0.25) is 0 Å². The molecule has 3 heteroatoms.